The summed E-state index contributed by atoms with van der Waals surface area (Å²) in [5.74, 6) is 0. The molecular weight excluding hydrogens is 350 g/mol. The molecule has 0 fully saturated rings. The fourth-order valence-electron chi connectivity index (χ4n) is 2.62. The third kappa shape index (κ3) is 2.97. The molecule has 5 nitrogen and oxygen atoms in total. The van der Waals surface area contributed by atoms with Crippen LogP contribution in [0, 0.1) is 18.3 Å². The van der Waals surface area contributed by atoms with E-state index in [1.54, 1.807) is 23.7 Å². The lowest BCUT2D eigenvalue weighted by Gasteiger charge is -2.06. The number of nitriles is 1. The first-order chi connectivity index (χ1) is 12.3. The van der Waals surface area contributed by atoms with Crippen LogP contribution in [0.2, 0.25) is 0 Å². The number of nitrogens with one attached hydrogen (secondary N) is 2. The zero-order valence-corrected chi connectivity index (χ0v) is 14.9. The van der Waals surface area contributed by atoms with Gasteiger partial charge in [0.1, 0.15) is 6.07 Å². The lowest BCUT2D eigenvalue weighted by Crippen LogP contribution is -1.89. The molecule has 0 bridgehead atoms. The summed E-state index contributed by atoms with van der Waals surface area (Å²) in [6.45, 7) is 2.01. The van der Waals surface area contributed by atoms with Crippen LogP contribution >= 0.6 is 23.3 Å². The van der Waals surface area contributed by atoms with Crippen LogP contribution in [0.25, 0.3) is 21.5 Å². The van der Waals surface area contributed by atoms with Crippen molar-refractivity contribution in [3.05, 3.63) is 60.0 Å². The molecule has 4 aromatic rings. The highest BCUT2D eigenvalue weighted by atomic mass is 32.2. The summed E-state index contributed by atoms with van der Waals surface area (Å²) in [5, 5.41) is 10.2. The number of pyridine rings is 1. The molecule has 0 saturated heterocycles. The van der Waals surface area contributed by atoms with Gasteiger partial charge in [0.25, 0.3) is 0 Å². The predicted octanol–water partition coefficient (Wildman–Crippen LogP) is 4.99. The zero-order valence-electron chi connectivity index (χ0n) is 13.3. The van der Waals surface area contributed by atoms with Crippen LogP contribution in [-0.4, -0.2) is 15.0 Å². The molecule has 0 saturated carbocycles. The third-order valence-corrected chi connectivity index (χ3v) is 5.73. The first-order valence-corrected chi connectivity index (χ1v) is 9.20. The highest BCUT2D eigenvalue weighted by Crippen LogP contribution is 2.34. The molecule has 25 heavy (non-hydrogen) atoms. The molecule has 0 aliphatic heterocycles. The summed E-state index contributed by atoms with van der Waals surface area (Å²) < 4.78 is 4.24. The number of thiazole rings is 1. The minimum absolute atomic E-state index is 0.660. The molecular formula is C18H13N5S2. The predicted molar refractivity (Wildman–Crippen MR) is 103 cm³/mol. The standard InChI is InChI=1S/C18H13N5S2/c1-11-5-6-14(17-16(11)12(8-19)9-21-17)23-25-18-22-10-15(24-18)13-4-2-3-7-20-13/h2-7,9-10,21,23H,1H3. The number of nitrogens with zero attached hydrogens (tertiary/aromatic N) is 3. The van der Waals surface area contributed by atoms with Crippen molar-refractivity contribution in [2.24, 2.45) is 0 Å². The molecule has 1 aromatic carbocycles. The molecule has 3 heterocycles. The summed E-state index contributed by atoms with van der Waals surface area (Å²) in [5.41, 5.74) is 4.53. The second kappa shape index (κ2) is 6.59. The molecule has 0 spiro atoms. The maximum atomic E-state index is 9.25. The monoisotopic (exact) mass is 363 g/mol. The van der Waals surface area contributed by atoms with Crippen molar-refractivity contribution < 1.29 is 0 Å². The smallest absolute Gasteiger partial charge is 0.171 e. The summed E-state index contributed by atoms with van der Waals surface area (Å²) in [6.07, 6.45) is 5.36. The van der Waals surface area contributed by atoms with Crippen molar-refractivity contribution >= 4 is 39.9 Å². The number of hydrogen-bond acceptors (Lipinski definition) is 6. The highest BCUT2D eigenvalue weighted by Gasteiger charge is 2.11. The van der Waals surface area contributed by atoms with Crippen molar-refractivity contribution in [3.63, 3.8) is 0 Å². The van der Waals surface area contributed by atoms with Gasteiger partial charge in [0, 0.05) is 35.9 Å². The molecule has 0 aliphatic carbocycles. The van der Waals surface area contributed by atoms with Crippen molar-refractivity contribution in [3.8, 4) is 16.6 Å². The molecule has 0 radical (unpaired) electrons. The quantitative estimate of drug-likeness (QED) is 0.500. The fraction of sp³-hybridized carbons (Fsp3) is 0.0556. The van der Waals surface area contributed by atoms with Crippen molar-refractivity contribution in [1.82, 2.24) is 15.0 Å². The number of fused-ring (bicyclic) bond motifs is 1. The van der Waals surface area contributed by atoms with E-state index in [2.05, 4.69) is 25.7 Å². The minimum atomic E-state index is 0.660. The second-order valence-electron chi connectivity index (χ2n) is 5.40. The van der Waals surface area contributed by atoms with E-state index in [0.29, 0.717) is 5.56 Å². The number of rotatable bonds is 4. The number of aromatic amines is 1. The average Bonchev–Trinajstić information content (AvgIpc) is 3.29. The summed E-state index contributed by atoms with van der Waals surface area (Å²) >= 11 is 3.04. The number of aromatic nitrogens is 3. The lowest BCUT2D eigenvalue weighted by molar-refractivity contribution is 1.25. The van der Waals surface area contributed by atoms with Gasteiger partial charge in [0.05, 0.1) is 27.3 Å². The summed E-state index contributed by atoms with van der Waals surface area (Å²) in [7, 11) is 0. The number of hydrogen-bond donors (Lipinski definition) is 2. The van der Waals surface area contributed by atoms with Gasteiger partial charge in [-0.1, -0.05) is 12.1 Å². The maximum absolute atomic E-state index is 9.25. The van der Waals surface area contributed by atoms with Gasteiger partial charge < -0.3 is 9.71 Å². The van der Waals surface area contributed by atoms with Gasteiger partial charge >= 0.3 is 0 Å². The molecule has 2 N–H and O–H groups in total. The molecule has 7 heteroatoms. The van der Waals surface area contributed by atoms with Crippen LogP contribution in [0.1, 0.15) is 11.1 Å². The van der Waals surface area contributed by atoms with Gasteiger partial charge in [-0.2, -0.15) is 5.26 Å². The van der Waals surface area contributed by atoms with E-state index < -0.39 is 0 Å². The highest BCUT2D eigenvalue weighted by molar-refractivity contribution is 8.02. The van der Waals surface area contributed by atoms with Crippen LogP contribution in [-0.2, 0) is 0 Å². The van der Waals surface area contributed by atoms with Crippen LogP contribution in [0.3, 0.4) is 0 Å². The van der Waals surface area contributed by atoms with E-state index in [1.807, 2.05) is 43.5 Å². The second-order valence-corrected chi connectivity index (χ2v) is 7.49. The Morgan fingerprint density at radius 1 is 1.24 bits per heavy atom. The van der Waals surface area contributed by atoms with Crippen LogP contribution in [0.4, 0.5) is 5.69 Å². The molecule has 3 aromatic heterocycles. The molecule has 4 rings (SSSR count). The van der Waals surface area contributed by atoms with Gasteiger partial charge in [-0.3, -0.25) is 4.98 Å². The van der Waals surface area contributed by atoms with E-state index in [1.165, 1.54) is 11.9 Å². The maximum Gasteiger partial charge on any atom is 0.171 e. The number of H-pyrrole nitrogens is 1. The van der Waals surface area contributed by atoms with E-state index >= 15 is 0 Å². The Bertz CT molecular complexity index is 1080. The molecule has 0 amide bonds. The lowest BCUT2D eigenvalue weighted by atomic mass is 10.1. The van der Waals surface area contributed by atoms with E-state index in [0.717, 1.165) is 37.1 Å². The van der Waals surface area contributed by atoms with Crippen LogP contribution < -0.4 is 4.72 Å². The van der Waals surface area contributed by atoms with Crippen LogP contribution in [0.5, 0.6) is 0 Å². The molecule has 0 atom stereocenters. The third-order valence-electron chi connectivity index (χ3n) is 3.81. The minimum Gasteiger partial charge on any atom is -0.358 e. The zero-order chi connectivity index (χ0) is 17.2. The van der Waals surface area contributed by atoms with Crippen LogP contribution in [0.15, 0.2) is 53.3 Å². The normalized spacial score (nSPS) is 10.7. The van der Waals surface area contributed by atoms with Crippen molar-refractivity contribution in [2.45, 2.75) is 11.3 Å². The largest absolute Gasteiger partial charge is 0.358 e. The average molecular weight is 363 g/mol. The fourth-order valence-corrected chi connectivity index (χ4v) is 4.28. The van der Waals surface area contributed by atoms with E-state index in [-0.39, 0.29) is 0 Å². The molecule has 122 valence electrons. The summed E-state index contributed by atoms with van der Waals surface area (Å²) in [6, 6.07) is 12.1. The van der Waals surface area contributed by atoms with Gasteiger partial charge in [-0.15, -0.1) is 11.3 Å². The Kier molecular flexibility index (Phi) is 4.14. The van der Waals surface area contributed by atoms with Crippen molar-refractivity contribution in [2.75, 3.05) is 4.72 Å². The number of anilines is 1. The number of aryl methyl sites for hydroxylation is 1. The van der Waals surface area contributed by atoms with Gasteiger partial charge in [-0.25, -0.2) is 4.98 Å². The Morgan fingerprint density at radius 2 is 2.16 bits per heavy atom. The molecule has 0 unspecified atom stereocenters. The molecule has 0 aliphatic rings. The van der Waals surface area contributed by atoms with Gasteiger partial charge in [0.2, 0.25) is 0 Å². The first-order valence-electron chi connectivity index (χ1n) is 7.57. The van der Waals surface area contributed by atoms with E-state index in [9.17, 15) is 5.26 Å². The Balaban J connectivity index is 1.58. The SMILES string of the molecule is Cc1ccc(NSc2ncc(-c3ccccn3)s2)c2[nH]cc(C#N)c12. The topological polar surface area (TPSA) is 77.4 Å². The Labute approximate surface area is 152 Å². The Hall–Kier alpha value is -2.82. The van der Waals surface area contributed by atoms with Gasteiger partial charge in [-0.05, 0) is 30.7 Å². The Morgan fingerprint density at radius 3 is 2.96 bits per heavy atom. The van der Waals surface area contributed by atoms with Gasteiger partial charge in [0.15, 0.2) is 4.34 Å². The van der Waals surface area contributed by atoms with Crippen molar-refractivity contribution in [1.29, 1.82) is 5.26 Å². The first kappa shape index (κ1) is 15.7. The number of benzene rings is 1. The summed E-state index contributed by atoms with van der Waals surface area (Å²) in [4.78, 5) is 13.0. The van der Waals surface area contributed by atoms with E-state index in [4.69, 9.17) is 0 Å².